The summed E-state index contributed by atoms with van der Waals surface area (Å²) in [4.78, 5) is 18.2. The second-order valence-electron chi connectivity index (χ2n) is 7.57. The van der Waals surface area contributed by atoms with Crippen molar-refractivity contribution in [3.05, 3.63) is 30.1 Å². The molecule has 128 valence electrons. The van der Waals surface area contributed by atoms with Crippen LogP contribution in [0.4, 0.5) is 4.79 Å². The van der Waals surface area contributed by atoms with Gasteiger partial charge in [-0.2, -0.15) is 0 Å². The molecule has 0 aromatic carbocycles. The highest BCUT2D eigenvalue weighted by atomic mass is 16.6. The lowest BCUT2D eigenvalue weighted by Gasteiger charge is -2.37. The summed E-state index contributed by atoms with van der Waals surface area (Å²) in [5.74, 6) is 0.700. The van der Waals surface area contributed by atoms with Crippen molar-refractivity contribution in [3.8, 4) is 0 Å². The highest BCUT2D eigenvalue weighted by molar-refractivity contribution is 5.68. The second-order valence-corrected chi connectivity index (χ2v) is 7.57. The fourth-order valence-electron chi connectivity index (χ4n) is 2.85. The number of carbonyl (C=O) groups excluding carboxylic acids is 1. The van der Waals surface area contributed by atoms with E-state index in [4.69, 9.17) is 4.74 Å². The molecular formula is C18H29N3O2. The van der Waals surface area contributed by atoms with Crippen LogP contribution in [-0.4, -0.2) is 41.2 Å². The number of alkyl carbamates (subject to hydrolysis) is 1. The molecule has 2 rings (SSSR count). The van der Waals surface area contributed by atoms with Gasteiger partial charge in [0.15, 0.2) is 0 Å². The Balaban J connectivity index is 1.58. The van der Waals surface area contributed by atoms with Gasteiger partial charge in [0, 0.05) is 25.0 Å². The fraction of sp³-hybridized carbons (Fsp3) is 0.667. The maximum atomic E-state index is 11.7. The molecule has 0 spiro atoms. The van der Waals surface area contributed by atoms with Crippen molar-refractivity contribution < 1.29 is 9.53 Å². The van der Waals surface area contributed by atoms with E-state index in [-0.39, 0.29) is 12.1 Å². The molecule has 0 unspecified atom stereocenters. The Kier molecular flexibility index (Phi) is 5.99. The summed E-state index contributed by atoms with van der Waals surface area (Å²) < 4.78 is 5.28. The van der Waals surface area contributed by atoms with E-state index in [1.165, 1.54) is 12.0 Å². The van der Waals surface area contributed by atoms with Crippen LogP contribution in [0.2, 0.25) is 0 Å². The number of hydrogen-bond donors (Lipinski definition) is 1. The largest absolute Gasteiger partial charge is 0.444 e. The molecule has 1 N–H and O–H groups in total. The number of nitrogens with zero attached hydrogens (tertiary/aromatic N) is 2. The van der Waals surface area contributed by atoms with Crippen molar-refractivity contribution in [1.29, 1.82) is 0 Å². The van der Waals surface area contributed by atoms with Gasteiger partial charge in [0.05, 0.1) is 0 Å². The normalized spacial score (nSPS) is 20.9. The first kappa shape index (κ1) is 17.7. The third-order valence-electron chi connectivity index (χ3n) is 4.05. The van der Waals surface area contributed by atoms with Crippen LogP contribution in [0.5, 0.6) is 0 Å². The minimum Gasteiger partial charge on any atom is -0.444 e. The third kappa shape index (κ3) is 6.57. The Morgan fingerprint density at radius 3 is 2.78 bits per heavy atom. The molecule has 0 atom stereocenters. The van der Waals surface area contributed by atoms with Gasteiger partial charge in [0.2, 0.25) is 0 Å². The van der Waals surface area contributed by atoms with E-state index in [2.05, 4.69) is 28.3 Å². The van der Waals surface area contributed by atoms with Crippen LogP contribution in [0.15, 0.2) is 24.5 Å². The summed E-state index contributed by atoms with van der Waals surface area (Å²) in [7, 11) is 2.14. The molecule has 5 nitrogen and oxygen atoms in total. The van der Waals surface area contributed by atoms with E-state index >= 15 is 0 Å². The quantitative estimate of drug-likeness (QED) is 0.875. The molecule has 1 amide bonds. The SMILES string of the molecule is CN(CCC1CC(NC(=O)OC(C)(C)C)C1)Cc1cccnc1. The van der Waals surface area contributed by atoms with Gasteiger partial charge in [-0.15, -0.1) is 0 Å². The monoisotopic (exact) mass is 319 g/mol. The molecule has 0 aliphatic heterocycles. The Hall–Kier alpha value is -1.62. The molecule has 5 heteroatoms. The molecule has 0 saturated heterocycles. The highest BCUT2D eigenvalue weighted by Crippen LogP contribution is 2.30. The van der Waals surface area contributed by atoms with Crippen LogP contribution in [0, 0.1) is 5.92 Å². The summed E-state index contributed by atoms with van der Waals surface area (Å²) >= 11 is 0. The standard InChI is InChI=1S/C18H29N3O2/c1-18(2,3)23-17(22)20-16-10-14(11-16)7-9-21(4)13-15-6-5-8-19-12-15/h5-6,8,12,14,16H,7,9-11,13H2,1-4H3,(H,20,22). The van der Waals surface area contributed by atoms with Crippen molar-refractivity contribution in [2.24, 2.45) is 5.92 Å². The van der Waals surface area contributed by atoms with E-state index in [9.17, 15) is 4.79 Å². The molecule has 0 bridgehead atoms. The predicted octanol–water partition coefficient (Wildman–Crippen LogP) is 3.21. The van der Waals surface area contributed by atoms with Gasteiger partial charge in [-0.1, -0.05) is 6.07 Å². The molecule has 1 heterocycles. The number of pyridine rings is 1. The molecule has 23 heavy (non-hydrogen) atoms. The minimum atomic E-state index is -0.428. The second kappa shape index (κ2) is 7.77. The lowest BCUT2D eigenvalue weighted by atomic mass is 9.78. The molecule has 1 aromatic rings. The topological polar surface area (TPSA) is 54.5 Å². The fourth-order valence-corrected chi connectivity index (χ4v) is 2.85. The Morgan fingerprint density at radius 1 is 1.43 bits per heavy atom. The van der Waals surface area contributed by atoms with Crippen LogP contribution >= 0.6 is 0 Å². The van der Waals surface area contributed by atoms with E-state index in [0.29, 0.717) is 5.92 Å². The van der Waals surface area contributed by atoms with Gasteiger partial charge in [-0.3, -0.25) is 4.98 Å². The van der Waals surface area contributed by atoms with E-state index in [1.54, 1.807) is 6.20 Å². The van der Waals surface area contributed by atoms with Crippen molar-refractivity contribution in [2.75, 3.05) is 13.6 Å². The number of amides is 1. The average Bonchev–Trinajstić information content (AvgIpc) is 2.40. The third-order valence-corrected chi connectivity index (χ3v) is 4.05. The number of aromatic nitrogens is 1. The summed E-state index contributed by atoms with van der Waals surface area (Å²) in [6, 6.07) is 4.36. The number of carbonyl (C=O) groups is 1. The van der Waals surface area contributed by atoms with Crippen LogP contribution < -0.4 is 5.32 Å². The zero-order valence-corrected chi connectivity index (χ0v) is 14.7. The molecular weight excluding hydrogens is 290 g/mol. The van der Waals surface area contributed by atoms with Gasteiger partial charge in [-0.25, -0.2) is 4.79 Å². The van der Waals surface area contributed by atoms with Gasteiger partial charge in [0.25, 0.3) is 0 Å². The average molecular weight is 319 g/mol. The van der Waals surface area contributed by atoms with E-state index in [1.807, 2.05) is 33.0 Å². The van der Waals surface area contributed by atoms with Crippen LogP contribution in [0.1, 0.15) is 45.6 Å². The molecule has 1 aliphatic rings. The summed E-state index contributed by atoms with van der Waals surface area (Å²) in [6.45, 7) is 7.65. The zero-order valence-electron chi connectivity index (χ0n) is 14.7. The number of hydrogen-bond acceptors (Lipinski definition) is 4. The van der Waals surface area contributed by atoms with Crippen molar-refractivity contribution in [3.63, 3.8) is 0 Å². The number of nitrogens with one attached hydrogen (secondary N) is 1. The zero-order chi connectivity index (χ0) is 16.9. The first-order valence-corrected chi connectivity index (χ1v) is 8.39. The van der Waals surface area contributed by atoms with Gasteiger partial charge < -0.3 is 15.0 Å². The van der Waals surface area contributed by atoms with Crippen molar-refractivity contribution >= 4 is 6.09 Å². The lowest BCUT2D eigenvalue weighted by molar-refractivity contribution is 0.0446. The van der Waals surface area contributed by atoms with Crippen LogP contribution in [-0.2, 0) is 11.3 Å². The smallest absolute Gasteiger partial charge is 0.407 e. The van der Waals surface area contributed by atoms with Gasteiger partial charge in [-0.05, 0) is 71.2 Å². The Morgan fingerprint density at radius 2 is 2.17 bits per heavy atom. The number of rotatable bonds is 6. The first-order valence-electron chi connectivity index (χ1n) is 8.39. The number of ether oxygens (including phenoxy) is 1. The van der Waals surface area contributed by atoms with Crippen LogP contribution in [0.3, 0.4) is 0 Å². The Bertz CT molecular complexity index is 493. The van der Waals surface area contributed by atoms with E-state index < -0.39 is 5.60 Å². The molecule has 1 saturated carbocycles. The van der Waals surface area contributed by atoms with Gasteiger partial charge in [0.1, 0.15) is 5.60 Å². The minimum absolute atomic E-state index is 0.276. The van der Waals surface area contributed by atoms with Gasteiger partial charge >= 0.3 is 6.09 Å². The van der Waals surface area contributed by atoms with Crippen molar-refractivity contribution in [1.82, 2.24) is 15.2 Å². The first-order chi connectivity index (χ1) is 10.8. The summed E-state index contributed by atoms with van der Waals surface area (Å²) in [5.41, 5.74) is 0.815. The Labute approximate surface area is 139 Å². The van der Waals surface area contributed by atoms with Crippen molar-refractivity contribution in [2.45, 2.75) is 58.2 Å². The summed E-state index contributed by atoms with van der Waals surface area (Å²) in [5, 5.41) is 2.95. The summed E-state index contributed by atoms with van der Waals surface area (Å²) in [6.07, 6.45) is 6.70. The lowest BCUT2D eigenvalue weighted by Crippen LogP contribution is -2.46. The van der Waals surface area contributed by atoms with E-state index in [0.717, 1.165) is 25.9 Å². The molecule has 0 radical (unpaired) electrons. The molecule has 1 fully saturated rings. The molecule has 1 aliphatic carbocycles. The maximum Gasteiger partial charge on any atom is 0.407 e. The molecule has 1 aromatic heterocycles. The predicted molar refractivity (Wildman–Crippen MR) is 91.1 cm³/mol. The van der Waals surface area contributed by atoms with Crippen LogP contribution in [0.25, 0.3) is 0 Å². The highest BCUT2D eigenvalue weighted by Gasteiger charge is 2.31. The maximum absolute atomic E-state index is 11.7.